The van der Waals surface area contributed by atoms with Gasteiger partial charge in [-0.3, -0.25) is 0 Å². The van der Waals surface area contributed by atoms with E-state index in [0.29, 0.717) is 0 Å². The number of unbranched alkanes of at least 4 members (excludes halogenated alkanes) is 12. The maximum atomic E-state index is 2.27. The van der Waals surface area contributed by atoms with E-state index in [1.165, 1.54) is 155 Å². The van der Waals surface area contributed by atoms with E-state index in [9.17, 15) is 0 Å². The van der Waals surface area contributed by atoms with Crippen molar-refractivity contribution in [3.63, 3.8) is 0 Å². The molecule has 0 aromatic rings. The Labute approximate surface area is 359 Å². The molecule has 0 aromatic heterocycles. The summed E-state index contributed by atoms with van der Waals surface area (Å²) in [5.74, 6) is 0. The Morgan fingerprint density at radius 2 is 0.196 bits per heavy atom. The molecule has 344 valence electrons. The van der Waals surface area contributed by atoms with Gasteiger partial charge in [-0.25, -0.2) is 0 Å². The van der Waals surface area contributed by atoms with Crippen LogP contribution in [0.25, 0.3) is 0 Å². The highest BCUT2D eigenvalue weighted by Gasteiger charge is 2.11. The minimum atomic E-state index is 1.11. The molecule has 0 N–H and O–H groups in total. The van der Waals surface area contributed by atoms with Crippen LogP contribution in [0, 0.1) is 0 Å². The van der Waals surface area contributed by atoms with Crippen molar-refractivity contribution in [1.82, 2.24) is 0 Å². The topological polar surface area (TPSA) is 0 Å². The fraction of sp³-hybridized carbons (Fsp3) is 1.00. The molecule has 0 atom stereocenters. The summed E-state index contributed by atoms with van der Waals surface area (Å²) in [5.41, 5.74) is 0. The molecule has 0 aromatic carbocycles. The van der Waals surface area contributed by atoms with Crippen molar-refractivity contribution in [2.45, 2.75) is 103 Å². The summed E-state index contributed by atoms with van der Waals surface area (Å²) in [5, 5.41) is 0. The quantitative estimate of drug-likeness (QED) is 0.0559. The molecule has 0 aliphatic carbocycles. The van der Waals surface area contributed by atoms with Gasteiger partial charge in [-0.15, -0.1) is 0 Å². The average molecular weight is 810 g/mol. The maximum Gasteiger partial charge on any atom is 0.0780 e. The molecule has 8 heteroatoms. The lowest BCUT2D eigenvalue weighted by Gasteiger charge is -2.25. The van der Waals surface area contributed by atoms with Crippen LogP contribution in [0.5, 0.6) is 0 Å². The third-order valence-electron chi connectivity index (χ3n) is 9.63. The zero-order valence-corrected chi connectivity index (χ0v) is 44.5. The highest BCUT2D eigenvalue weighted by Crippen LogP contribution is 2.08. The fourth-order valence-corrected chi connectivity index (χ4v) is 6.10. The number of quaternary nitrogens is 8. The summed E-state index contributed by atoms with van der Waals surface area (Å²) in [7, 11) is 54.5. The standard InChI is InChI=1S/4C12H30N2/c4*1-13(2,3)11-9-7-8-10-12-14(4,5)6/h4*7-12H2,1-6H3/q4*+2. The predicted octanol–water partition coefficient (Wildman–Crippen LogP) is 7.84. The molecule has 0 saturated carbocycles. The normalized spacial score (nSPS) is 13.3. The van der Waals surface area contributed by atoms with Crippen molar-refractivity contribution in [1.29, 1.82) is 0 Å². The Morgan fingerprint density at radius 1 is 0.125 bits per heavy atom. The van der Waals surface area contributed by atoms with Crippen molar-refractivity contribution < 1.29 is 35.9 Å². The van der Waals surface area contributed by atoms with Gasteiger partial charge in [-0.1, -0.05) is 0 Å². The van der Waals surface area contributed by atoms with E-state index >= 15 is 0 Å². The number of hydrogen-bond donors (Lipinski definition) is 0. The number of rotatable bonds is 28. The molecule has 56 heavy (non-hydrogen) atoms. The zero-order chi connectivity index (χ0) is 45.0. The van der Waals surface area contributed by atoms with E-state index in [1.807, 2.05) is 0 Å². The second-order valence-corrected chi connectivity index (χ2v) is 25.8. The third kappa shape index (κ3) is 78.1. The Kier molecular flexibility index (Phi) is 34.1. The van der Waals surface area contributed by atoms with Gasteiger partial charge in [-0.2, -0.15) is 0 Å². The molecule has 0 bridgehead atoms. The van der Waals surface area contributed by atoms with Gasteiger partial charge in [0, 0.05) is 0 Å². The molecule has 0 aliphatic rings. The molecule has 0 unspecified atom stereocenters. The van der Waals surface area contributed by atoms with Crippen LogP contribution in [0.15, 0.2) is 0 Å². The monoisotopic (exact) mass is 809 g/mol. The van der Waals surface area contributed by atoms with Gasteiger partial charge in [0.05, 0.1) is 222 Å². The lowest BCUT2D eigenvalue weighted by molar-refractivity contribution is -0.871. The predicted molar refractivity (Wildman–Crippen MR) is 257 cm³/mol. The van der Waals surface area contributed by atoms with Crippen molar-refractivity contribution in [3.05, 3.63) is 0 Å². The molecule has 0 amide bonds. The summed E-state index contributed by atoms with van der Waals surface area (Å²) >= 11 is 0. The zero-order valence-electron chi connectivity index (χ0n) is 44.5. The molecule has 0 rings (SSSR count). The van der Waals surface area contributed by atoms with Gasteiger partial charge in [0.25, 0.3) is 0 Å². The molecular formula is C48H120N8+8. The maximum absolute atomic E-state index is 2.27. The molecule has 0 aliphatic heterocycles. The first-order chi connectivity index (χ1) is 24.8. The first-order valence-electron chi connectivity index (χ1n) is 23.3. The highest BCUT2D eigenvalue weighted by molar-refractivity contribution is 4.45. The summed E-state index contributed by atoms with van der Waals surface area (Å²) in [6, 6.07) is 0. The van der Waals surface area contributed by atoms with Crippen molar-refractivity contribution >= 4 is 0 Å². The van der Waals surface area contributed by atoms with Gasteiger partial charge in [-0.05, 0) is 103 Å². The summed E-state index contributed by atoms with van der Waals surface area (Å²) in [4.78, 5) is 0. The Morgan fingerprint density at radius 3 is 0.250 bits per heavy atom. The first-order valence-corrected chi connectivity index (χ1v) is 23.3. The second-order valence-electron chi connectivity index (χ2n) is 25.8. The van der Waals surface area contributed by atoms with E-state index < -0.39 is 0 Å². The van der Waals surface area contributed by atoms with Crippen molar-refractivity contribution in [2.24, 2.45) is 0 Å². The van der Waals surface area contributed by atoms with Crippen molar-refractivity contribution in [2.75, 3.05) is 222 Å². The molecule has 0 spiro atoms. The van der Waals surface area contributed by atoms with E-state index in [2.05, 4.69) is 169 Å². The summed E-state index contributed by atoms with van der Waals surface area (Å²) in [6.07, 6.45) is 22.2. The fourth-order valence-electron chi connectivity index (χ4n) is 6.10. The summed E-state index contributed by atoms with van der Waals surface area (Å²) < 4.78 is 8.85. The van der Waals surface area contributed by atoms with Gasteiger partial charge in [0.1, 0.15) is 0 Å². The Bertz CT molecular complexity index is 630. The number of nitrogens with zero attached hydrogens (tertiary/aromatic N) is 8. The minimum absolute atomic E-state index is 1.11. The molecule has 8 nitrogen and oxygen atoms in total. The Balaban J connectivity index is -0.000000322. The third-order valence-corrected chi connectivity index (χ3v) is 9.63. The van der Waals surface area contributed by atoms with Crippen molar-refractivity contribution in [3.8, 4) is 0 Å². The van der Waals surface area contributed by atoms with Crippen LogP contribution in [0.1, 0.15) is 103 Å². The molecule has 0 heterocycles. The Hall–Kier alpha value is -0.320. The van der Waals surface area contributed by atoms with Gasteiger partial charge in [0.15, 0.2) is 0 Å². The SMILES string of the molecule is C[N+](C)(C)CCCCCC[N+](C)(C)C.C[N+](C)(C)CCCCCC[N+](C)(C)C.C[N+](C)(C)CCCCCC[N+](C)(C)C.C[N+](C)(C)CCCCCC[N+](C)(C)C. The number of hydrogen-bond acceptors (Lipinski definition) is 0. The molecular weight excluding hydrogens is 689 g/mol. The van der Waals surface area contributed by atoms with Gasteiger partial charge >= 0.3 is 0 Å². The van der Waals surface area contributed by atoms with Crippen LogP contribution >= 0.6 is 0 Å². The lowest BCUT2D eigenvalue weighted by Crippen LogP contribution is -2.35. The first kappa shape index (κ1) is 62.3. The molecule has 0 saturated heterocycles. The van der Waals surface area contributed by atoms with Crippen LogP contribution in [0.2, 0.25) is 0 Å². The molecule has 0 radical (unpaired) electrons. The minimum Gasteiger partial charge on any atom is -0.331 e. The van der Waals surface area contributed by atoms with Crippen LogP contribution in [0.4, 0.5) is 0 Å². The van der Waals surface area contributed by atoms with Crippen LogP contribution in [0.3, 0.4) is 0 Å². The van der Waals surface area contributed by atoms with Crippen LogP contribution in [-0.4, -0.2) is 257 Å². The van der Waals surface area contributed by atoms with Crippen LogP contribution < -0.4 is 0 Å². The van der Waals surface area contributed by atoms with E-state index in [-0.39, 0.29) is 0 Å². The lowest BCUT2D eigenvalue weighted by atomic mass is 10.1. The second kappa shape index (κ2) is 30.7. The van der Waals surface area contributed by atoms with E-state index in [1.54, 1.807) is 0 Å². The molecule has 0 fully saturated rings. The van der Waals surface area contributed by atoms with E-state index in [0.717, 1.165) is 35.9 Å². The van der Waals surface area contributed by atoms with Crippen LogP contribution in [-0.2, 0) is 0 Å². The van der Waals surface area contributed by atoms with Gasteiger partial charge < -0.3 is 35.9 Å². The average Bonchev–Trinajstić information content (AvgIpc) is 2.93. The van der Waals surface area contributed by atoms with Gasteiger partial charge in [0.2, 0.25) is 0 Å². The highest BCUT2D eigenvalue weighted by atomic mass is 15.3. The van der Waals surface area contributed by atoms with E-state index in [4.69, 9.17) is 0 Å². The smallest absolute Gasteiger partial charge is 0.0780 e. The largest absolute Gasteiger partial charge is 0.331 e. The summed E-state index contributed by atoms with van der Waals surface area (Å²) in [6.45, 7) is 10.5.